The normalized spacial score (nSPS) is 11.1. The lowest BCUT2D eigenvalue weighted by molar-refractivity contribution is 0.134. The minimum atomic E-state index is 0.841. The second kappa shape index (κ2) is 10.9. The minimum absolute atomic E-state index is 0.841. The molecule has 4 heteroatoms. The van der Waals surface area contributed by atoms with Crippen molar-refractivity contribution in [3.63, 3.8) is 0 Å². The smallest absolute Gasteiger partial charge is 0.0478 e. The van der Waals surface area contributed by atoms with E-state index in [0.717, 1.165) is 19.6 Å². The zero-order valence-corrected chi connectivity index (χ0v) is 11.0. The summed E-state index contributed by atoms with van der Waals surface area (Å²) < 4.78 is 5.30. The molecule has 13 heavy (non-hydrogen) atoms. The second-order valence-corrected chi connectivity index (χ2v) is 4.12. The second-order valence-electron chi connectivity index (χ2n) is 2.97. The first-order chi connectivity index (χ1) is 6.35. The van der Waals surface area contributed by atoms with Gasteiger partial charge >= 0.3 is 0 Å². The highest BCUT2D eigenvalue weighted by molar-refractivity contribution is 7.16. The molecule has 0 spiro atoms. The van der Waals surface area contributed by atoms with Gasteiger partial charge in [-0.05, 0) is 25.7 Å². The van der Waals surface area contributed by atoms with Gasteiger partial charge in [0.2, 0.25) is 0 Å². The first kappa shape index (κ1) is 13.8. The lowest BCUT2D eigenvalue weighted by atomic mass is 10.4. The molecule has 0 aliphatic rings. The molecule has 0 saturated carbocycles. The summed E-state index contributed by atoms with van der Waals surface area (Å²) in [5, 5.41) is 0. The highest BCUT2D eigenvalue weighted by Gasteiger charge is 2.00. The van der Waals surface area contributed by atoms with Crippen molar-refractivity contribution < 1.29 is 4.74 Å². The van der Waals surface area contributed by atoms with Crippen molar-refractivity contribution in [1.82, 2.24) is 4.90 Å². The van der Waals surface area contributed by atoms with Crippen molar-refractivity contribution in [2.75, 3.05) is 45.2 Å². The number of rotatable bonds is 9. The van der Waals surface area contributed by atoms with Crippen LogP contribution in [0.2, 0.25) is 0 Å². The summed E-state index contributed by atoms with van der Waals surface area (Å²) in [4.78, 5) is 2.49. The Morgan fingerprint density at radius 2 is 1.69 bits per heavy atom. The summed E-state index contributed by atoms with van der Waals surface area (Å²) in [7, 11) is 5.56. The molecule has 2 nitrogen and oxygen atoms in total. The van der Waals surface area contributed by atoms with Crippen LogP contribution in [0.4, 0.5) is 0 Å². The maximum atomic E-state index is 5.30. The van der Waals surface area contributed by atoms with Crippen molar-refractivity contribution in [2.45, 2.75) is 13.3 Å². The van der Waals surface area contributed by atoms with Gasteiger partial charge in [-0.3, -0.25) is 0 Å². The maximum Gasteiger partial charge on any atom is 0.0478 e. The number of hydrogen-bond donors (Lipinski definition) is 0. The molecule has 2 unspecified atom stereocenters. The van der Waals surface area contributed by atoms with E-state index in [2.05, 4.69) is 23.4 Å². The Morgan fingerprint density at radius 1 is 1.08 bits per heavy atom. The molecule has 0 N–H and O–H groups in total. The first-order valence-corrected chi connectivity index (χ1v) is 6.68. The van der Waals surface area contributed by atoms with E-state index in [1.807, 2.05) is 6.92 Å². The standard InChI is InChI=1S/C9H23NOP2/c1-2-11-7-3-4-10(5-8-12)6-9-13/h2-9,12-13H2,1H3. The van der Waals surface area contributed by atoms with Gasteiger partial charge in [0, 0.05) is 32.8 Å². The van der Waals surface area contributed by atoms with E-state index in [-0.39, 0.29) is 0 Å². The fraction of sp³-hybridized carbons (Fsp3) is 1.00. The van der Waals surface area contributed by atoms with Crippen LogP contribution in [0.1, 0.15) is 13.3 Å². The molecule has 0 amide bonds. The van der Waals surface area contributed by atoms with Crippen LogP contribution in [-0.2, 0) is 4.74 Å². The lowest BCUT2D eigenvalue weighted by Crippen LogP contribution is -2.29. The summed E-state index contributed by atoms with van der Waals surface area (Å²) in [6.45, 7) is 7.33. The van der Waals surface area contributed by atoms with Crippen molar-refractivity contribution >= 4 is 18.5 Å². The number of nitrogens with zero attached hydrogens (tertiary/aromatic N) is 1. The third-order valence-corrected chi connectivity index (χ3v) is 2.37. The van der Waals surface area contributed by atoms with Crippen LogP contribution in [0, 0.1) is 0 Å². The molecule has 80 valence electrons. The fourth-order valence-electron chi connectivity index (χ4n) is 1.24. The fourth-order valence-corrected chi connectivity index (χ4v) is 1.97. The minimum Gasteiger partial charge on any atom is -0.382 e. The van der Waals surface area contributed by atoms with Crippen molar-refractivity contribution in [1.29, 1.82) is 0 Å². The summed E-state index contributed by atoms with van der Waals surface area (Å²) in [5.41, 5.74) is 0. The monoisotopic (exact) mass is 223 g/mol. The van der Waals surface area contributed by atoms with E-state index in [0.29, 0.717) is 0 Å². The molecule has 0 heterocycles. The molecular formula is C9H23NOP2. The predicted octanol–water partition coefficient (Wildman–Crippen LogP) is 1.47. The Morgan fingerprint density at radius 3 is 2.15 bits per heavy atom. The summed E-state index contributed by atoms with van der Waals surface area (Å²) in [6.07, 6.45) is 3.49. The Labute approximate surface area is 87.2 Å². The Hall–Kier alpha value is 0.780. The first-order valence-electron chi connectivity index (χ1n) is 5.05. The Kier molecular flexibility index (Phi) is 11.5. The SMILES string of the molecule is CCOCCCN(CCP)CCP. The van der Waals surface area contributed by atoms with E-state index >= 15 is 0 Å². The zero-order chi connectivity index (χ0) is 9.94. The third kappa shape index (κ3) is 9.09. The number of ether oxygens (including phenoxy) is 1. The van der Waals surface area contributed by atoms with Crippen LogP contribution in [0.15, 0.2) is 0 Å². The zero-order valence-electron chi connectivity index (χ0n) is 8.67. The number of hydrogen-bond acceptors (Lipinski definition) is 2. The molecular weight excluding hydrogens is 200 g/mol. The van der Waals surface area contributed by atoms with Gasteiger partial charge in [-0.15, -0.1) is 18.5 Å². The van der Waals surface area contributed by atoms with Crippen LogP contribution in [0.5, 0.6) is 0 Å². The highest BCUT2D eigenvalue weighted by Crippen LogP contribution is 1.96. The maximum absolute atomic E-state index is 5.30. The summed E-state index contributed by atoms with van der Waals surface area (Å²) in [6, 6.07) is 0. The molecule has 0 radical (unpaired) electrons. The Bertz CT molecular complexity index is 97.6. The topological polar surface area (TPSA) is 12.5 Å². The van der Waals surface area contributed by atoms with Crippen LogP contribution in [-0.4, -0.2) is 50.1 Å². The van der Waals surface area contributed by atoms with Crippen molar-refractivity contribution in [3.8, 4) is 0 Å². The van der Waals surface area contributed by atoms with E-state index in [9.17, 15) is 0 Å². The van der Waals surface area contributed by atoms with Gasteiger partial charge in [0.05, 0.1) is 0 Å². The molecule has 0 aromatic rings. The third-order valence-electron chi connectivity index (χ3n) is 1.86. The molecule has 0 bridgehead atoms. The van der Waals surface area contributed by atoms with E-state index in [1.165, 1.54) is 32.0 Å². The molecule has 0 aliphatic carbocycles. The van der Waals surface area contributed by atoms with Gasteiger partial charge < -0.3 is 9.64 Å². The van der Waals surface area contributed by atoms with E-state index < -0.39 is 0 Å². The van der Waals surface area contributed by atoms with E-state index in [4.69, 9.17) is 4.74 Å². The molecule has 0 aromatic heterocycles. The van der Waals surface area contributed by atoms with Gasteiger partial charge in [-0.2, -0.15) is 0 Å². The van der Waals surface area contributed by atoms with Gasteiger partial charge in [-0.1, -0.05) is 0 Å². The van der Waals surface area contributed by atoms with Crippen LogP contribution < -0.4 is 0 Å². The van der Waals surface area contributed by atoms with Gasteiger partial charge in [-0.25, -0.2) is 0 Å². The highest BCUT2D eigenvalue weighted by atomic mass is 31.0. The van der Waals surface area contributed by atoms with Crippen LogP contribution in [0.25, 0.3) is 0 Å². The summed E-state index contributed by atoms with van der Waals surface area (Å²) >= 11 is 0. The quantitative estimate of drug-likeness (QED) is 0.433. The molecule has 0 saturated heterocycles. The molecule has 0 fully saturated rings. The molecule has 0 aromatic carbocycles. The van der Waals surface area contributed by atoms with Gasteiger partial charge in [0.15, 0.2) is 0 Å². The molecule has 0 rings (SSSR count). The van der Waals surface area contributed by atoms with Crippen LogP contribution >= 0.6 is 18.5 Å². The summed E-state index contributed by atoms with van der Waals surface area (Å²) in [5.74, 6) is 0. The largest absolute Gasteiger partial charge is 0.382 e. The van der Waals surface area contributed by atoms with Crippen molar-refractivity contribution in [2.24, 2.45) is 0 Å². The van der Waals surface area contributed by atoms with Crippen LogP contribution in [0.3, 0.4) is 0 Å². The molecule has 2 atom stereocenters. The lowest BCUT2D eigenvalue weighted by Gasteiger charge is -2.20. The van der Waals surface area contributed by atoms with Gasteiger partial charge in [0.1, 0.15) is 0 Å². The predicted molar refractivity (Wildman–Crippen MR) is 66.7 cm³/mol. The van der Waals surface area contributed by atoms with E-state index in [1.54, 1.807) is 0 Å². The average Bonchev–Trinajstić information content (AvgIpc) is 2.13. The Balaban J connectivity index is 3.33. The average molecular weight is 223 g/mol. The van der Waals surface area contributed by atoms with Gasteiger partial charge in [0.25, 0.3) is 0 Å². The van der Waals surface area contributed by atoms with Crippen molar-refractivity contribution in [3.05, 3.63) is 0 Å². The molecule has 0 aliphatic heterocycles.